The summed E-state index contributed by atoms with van der Waals surface area (Å²) in [4.78, 5) is 55.4. The van der Waals surface area contributed by atoms with Crippen molar-refractivity contribution in [2.24, 2.45) is 0 Å². The van der Waals surface area contributed by atoms with Crippen molar-refractivity contribution in [1.29, 1.82) is 0 Å². The Balaban J connectivity index is 1.55. The first-order chi connectivity index (χ1) is 46.3. The van der Waals surface area contributed by atoms with Crippen LogP contribution in [0.4, 0.5) is 0 Å². The molecule has 4 aliphatic heterocycles. The highest BCUT2D eigenvalue weighted by Crippen LogP contribution is 2.57. The van der Waals surface area contributed by atoms with Crippen LogP contribution in [0.25, 0.3) is 0 Å². The minimum atomic E-state index is -5.30. The van der Waals surface area contributed by atoms with Crippen molar-refractivity contribution in [3.8, 4) is 46.0 Å². The van der Waals surface area contributed by atoms with Gasteiger partial charge in [-0.05, 0) is 49.9 Å². The molecule has 40 heteroatoms. The summed E-state index contributed by atoms with van der Waals surface area (Å²) >= 11 is 0. The van der Waals surface area contributed by atoms with E-state index in [1.165, 1.54) is 0 Å². The van der Waals surface area contributed by atoms with Crippen LogP contribution in [-0.4, -0.2) is 275 Å². The van der Waals surface area contributed by atoms with Crippen molar-refractivity contribution in [2.45, 2.75) is 150 Å². The SMILES string of the molecule is O=C(O)[C@@H]1C[C@H](O)CN1Cc1c(O)c2cc(c1O)C(CCS(=O)(=O)O)c1cc(c(O)c(CN3C[C@@H](O)C[C@H]3C(=O)O)c1O)C(CCS(=O)(=O)O)c1cc(c(O)c(CN3C[C@@H](O)C[C@H]3C(=O)O)c1O)C(CCS(=O)(=O)O)c1cc(c(O)c(CN3C[C@@H](O)C[C@H]3C(=O)O)c1O)C2CCS(=O)(=O)O. The molecule has 4 aromatic rings. The normalized spacial score (nSPS) is 25.8. The Kier molecular flexibility index (Phi) is 22.3. The number of carboxylic acids is 4. The number of hydrogen-bond donors (Lipinski definition) is 20. The molecule has 8 bridgehead atoms. The van der Waals surface area contributed by atoms with Crippen molar-refractivity contribution in [3.05, 3.63) is 91.0 Å². The smallest absolute Gasteiger partial charge is 0.321 e. The summed E-state index contributed by atoms with van der Waals surface area (Å²) in [6.45, 7) is -6.10. The molecule has 9 rings (SSSR count). The maximum Gasteiger partial charge on any atom is 0.321 e. The highest BCUT2D eigenvalue weighted by molar-refractivity contribution is 7.86. The van der Waals surface area contributed by atoms with Crippen LogP contribution in [-0.2, 0) is 85.8 Å². The lowest BCUT2D eigenvalue weighted by molar-refractivity contribution is -0.143. The molecule has 100 heavy (non-hydrogen) atoms. The first kappa shape index (κ1) is 76.7. The van der Waals surface area contributed by atoms with Crippen LogP contribution in [0.1, 0.15) is 142 Å². The summed E-state index contributed by atoms with van der Waals surface area (Å²) in [5.74, 6) is -30.1. The summed E-state index contributed by atoms with van der Waals surface area (Å²) in [6, 6.07) is -3.45. The zero-order valence-corrected chi connectivity index (χ0v) is 55.9. The first-order valence-electron chi connectivity index (χ1n) is 31.0. The van der Waals surface area contributed by atoms with Crippen LogP contribution >= 0.6 is 0 Å². The second-order valence-corrected chi connectivity index (χ2v) is 32.4. The Hall–Kier alpha value is -7.52. The van der Waals surface area contributed by atoms with Gasteiger partial charge in [-0.2, -0.15) is 33.7 Å². The van der Waals surface area contributed by atoms with E-state index in [0.717, 1.165) is 43.9 Å². The number of benzene rings is 4. The number of β-amino-alcohol motifs (C(OH)–C–C–N with tert-alkyl or cyclic N) is 4. The number of likely N-dealkylation sites (tertiary alicyclic amines) is 4. The van der Waals surface area contributed by atoms with Gasteiger partial charge in [0.2, 0.25) is 0 Å². The lowest BCUT2D eigenvalue weighted by Gasteiger charge is -2.33. The van der Waals surface area contributed by atoms with Gasteiger partial charge in [-0.25, -0.2) is 0 Å². The third kappa shape index (κ3) is 16.7. The number of phenols is 8. The number of rotatable bonds is 24. The van der Waals surface area contributed by atoms with Gasteiger partial charge in [0.1, 0.15) is 70.2 Å². The Morgan fingerprint density at radius 2 is 0.460 bits per heavy atom. The number of hydrogen-bond acceptors (Lipinski definition) is 28. The van der Waals surface area contributed by atoms with Crippen LogP contribution in [0.3, 0.4) is 0 Å². The highest BCUT2D eigenvalue weighted by atomic mass is 32.2. The Bertz CT molecular complexity index is 3720. The second-order valence-electron chi connectivity index (χ2n) is 26.1. The summed E-state index contributed by atoms with van der Waals surface area (Å²) < 4.78 is 147. The molecule has 4 fully saturated rings. The molecule has 1 aliphatic carbocycles. The van der Waals surface area contributed by atoms with Gasteiger partial charge in [0.15, 0.2) is 0 Å². The number of carboxylic acid groups (broad SMARTS) is 4. The molecule has 0 spiro atoms. The number of aliphatic carboxylic acids is 4. The molecule has 5 aliphatic rings. The molecule has 4 heterocycles. The molecular weight excluding hydrogens is 1420 g/mol. The topological polar surface area (TPSA) is 622 Å². The third-order valence-electron chi connectivity index (χ3n) is 19.5. The molecule has 4 aromatic carbocycles. The molecule has 552 valence electrons. The number of aliphatic hydroxyl groups excluding tert-OH is 4. The quantitative estimate of drug-likeness (QED) is 0.0388. The lowest BCUT2D eigenvalue weighted by atomic mass is 9.75. The van der Waals surface area contributed by atoms with Gasteiger partial charge in [-0.1, -0.05) is 0 Å². The van der Waals surface area contributed by atoms with Gasteiger partial charge < -0.3 is 81.7 Å². The van der Waals surface area contributed by atoms with E-state index >= 15 is 0 Å². The molecule has 4 saturated heterocycles. The van der Waals surface area contributed by atoms with Gasteiger partial charge in [0, 0.05) is 146 Å². The summed E-state index contributed by atoms with van der Waals surface area (Å²) in [6.07, 6.45) is -12.2. The largest absolute Gasteiger partial charge is 0.507 e. The average Bonchev–Trinajstić information content (AvgIpc) is 1.01. The zero-order chi connectivity index (χ0) is 74.1. The molecule has 20 N–H and O–H groups in total. The van der Waals surface area contributed by atoms with Crippen molar-refractivity contribution >= 4 is 64.3 Å². The van der Waals surface area contributed by atoms with Crippen molar-refractivity contribution in [1.82, 2.24) is 19.6 Å². The molecule has 36 nitrogen and oxygen atoms in total. The molecule has 0 aromatic heterocycles. The number of carbonyl (C=O) groups is 4. The van der Waals surface area contributed by atoms with Gasteiger partial charge in [-0.3, -0.25) is 57.0 Å². The first-order valence-corrected chi connectivity index (χ1v) is 37.5. The standard InChI is InChI=1S/C60H76N4O32S4/c65-25-9-45(57(77)78)61(17-25)21-41-49(69)33-13-35(51(41)71)30(2-6-98(88,89)90)37-15-39(55(75)43(53(37)73)23-63-19-27(67)11-47(63)59(81)82)32(4-8-100(94,95)96)40-16-38(54(74)44(56(40)76)24-64-20-28(68)12-48(64)60(83)84)31(3-7-99(91,92)93)36-14-34(29(33)1-5-97(85,86)87)50(70)42(52(36)72)22-62-18-26(66)10-46(62)58(79)80/h13-16,25-32,45-48,65-76H,1-12,17-24H2,(H,77,78)(H,79,80)(H,81,82)(H,83,84)(H,85,86,87)(H,88,89,90)(H,91,92,93)(H,94,95,96)/t25-,26-,27-,28-,29?,30?,31?,32?,45-,46-,47-,48-/m0/s1. The lowest BCUT2D eigenvalue weighted by Crippen LogP contribution is -2.35. The molecule has 8 atom stereocenters. The molecule has 0 unspecified atom stereocenters. The van der Waals surface area contributed by atoms with E-state index in [2.05, 4.69) is 0 Å². The van der Waals surface area contributed by atoms with Crippen LogP contribution in [0.15, 0.2) is 24.3 Å². The van der Waals surface area contributed by atoms with Crippen molar-refractivity contribution in [3.63, 3.8) is 0 Å². The number of nitrogens with zero attached hydrogens (tertiary/aromatic N) is 4. The predicted octanol–water partition coefficient (Wildman–Crippen LogP) is -0.637. The molecule has 0 radical (unpaired) electrons. The van der Waals surface area contributed by atoms with Crippen LogP contribution in [0, 0.1) is 0 Å². The Morgan fingerprint density at radius 1 is 0.310 bits per heavy atom. The summed E-state index contributed by atoms with van der Waals surface area (Å²) in [5.41, 5.74) is -9.29. The number of phenolic OH excluding ortho intramolecular Hbond substituents is 8. The minimum Gasteiger partial charge on any atom is -0.507 e. The maximum absolute atomic E-state index is 13.1. The van der Waals surface area contributed by atoms with E-state index in [9.17, 15) is 153 Å². The molecule has 0 saturated carbocycles. The van der Waals surface area contributed by atoms with E-state index < -0.39 is 376 Å². The monoisotopic (exact) mass is 1490 g/mol. The van der Waals surface area contributed by atoms with Crippen LogP contribution in [0.2, 0.25) is 0 Å². The minimum absolute atomic E-state index is 0.499. The third-order valence-corrected chi connectivity index (χ3v) is 22.5. The molecule has 0 amide bonds. The van der Waals surface area contributed by atoms with Crippen molar-refractivity contribution in [2.75, 3.05) is 49.2 Å². The Morgan fingerprint density at radius 3 is 0.590 bits per heavy atom. The van der Waals surface area contributed by atoms with Crippen LogP contribution in [0.5, 0.6) is 46.0 Å². The van der Waals surface area contributed by atoms with Crippen LogP contribution < -0.4 is 0 Å². The van der Waals surface area contributed by atoms with E-state index in [1.54, 1.807) is 0 Å². The van der Waals surface area contributed by atoms with Gasteiger partial charge in [0.05, 0.1) is 69.7 Å². The summed E-state index contributed by atoms with van der Waals surface area (Å²) in [5, 5.41) is 189. The van der Waals surface area contributed by atoms with E-state index in [1.807, 2.05) is 0 Å². The van der Waals surface area contributed by atoms with Gasteiger partial charge in [-0.15, -0.1) is 0 Å². The predicted molar refractivity (Wildman–Crippen MR) is 340 cm³/mol. The number of aliphatic hydroxyl groups is 4. The number of fused-ring (bicyclic) bond motifs is 8. The van der Waals surface area contributed by atoms with Gasteiger partial charge in [0.25, 0.3) is 40.5 Å². The van der Waals surface area contributed by atoms with E-state index in [-0.39, 0.29) is 0 Å². The second kappa shape index (κ2) is 29.1. The van der Waals surface area contributed by atoms with E-state index in [0.29, 0.717) is 0 Å². The fourth-order valence-electron chi connectivity index (χ4n) is 14.8. The zero-order valence-electron chi connectivity index (χ0n) is 52.6. The van der Waals surface area contributed by atoms with Gasteiger partial charge >= 0.3 is 23.9 Å². The highest BCUT2D eigenvalue weighted by Gasteiger charge is 2.45. The average molecular weight is 1490 g/mol. The fraction of sp³-hybridized carbons (Fsp3) is 0.533. The Labute approximate surface area is 570 Å². The fourth-order valence-corrected chi connectivity index (χ4v) is 17.0. The van der Waals surface area contributed by atoms with Crippen molar-refractivity contribution < 1.29 is 153 Å². The maximum atomic E-state index is 13.1. The van der Waals surface area contributed by atoms with E-state index in [4.69, 9.17) is 0 Å². The summed E-state index contributed by atoms with van der Waals surface area (Å²) in [7, 11) is -21.2. The number of aromatic hydroxyl groups is 8. The molecular formula is C60H76N4O32S4.